The molecule has 2 N–H and O–H groups in total. The highest BCUT2D eigenvalue weighted by Gasteiger charge is 2.26. The van der Waals surface area contributed by atoms with E-state index in [1.54, 1.807) is 13.8 Å². The van der Waals surface area contributed by atoms with Crippen molar-refractivity contribution in [1.82, 2.24) is 0 Å². The summed E-state index contributed by atoms with van der Waals surface area (Å²) in [4.78, 5) is 10.9. The molecule has 0 bridgehead atoms. The van der Waals surface area contributed by atoms with Gasteiger partial charge in [0.2, 0.25) is 0 Å². The molecule has 0 aliphatic rings. The number of carboxylic acids is 1. The third kappa shape index (κ3) is 4.04. The number of aryl methyl sites for hydroxylation is 1. The van der Waals surface area contributed by atoms with Crippen molar-refractivity contribution in [3.05, 3.63) is 28.2 Å². The first-order valence-corrected chi connectivity index (χ1v) is 6.35. The molecule has 0 unspecified atom stereocenters. The Kier molecular flexibility index (Phi) is 4.57. The number of benzene rings is 1. The fourth-order valence-corrected chi connectivity index (χ4v) is 1.76. The second-order valence-corrected chi connectivity index (χ2v) is 5.74. The van der Waals surface area contributed by atoms with Crippen molar-refractivity contribution >= 4 is 27.6 Å². The molecule has 0 aromatic heterocycles. The molecule has 4 heteroatoms. The molecule has 17 heavy (non-hydrogen) atoms. The quantitative estimate of drug-likeness (QED) is 0.872. The van der Waals surface area contributed by atoms with Crippen molar-refractivity contribution in [3.8, 4) is 0 Å². The molecule has 0 heterocycles. The highest BCUT2D eigenvalue weighted by atomic mass is 79.9. The summed E-state index contributed by atoms with van der Waals surface area (Å²) in [5.74, 6) is -0.759. The fraction of sp³-hybridized carbons (Fsp3) is 0.462. The van der Waals surface area contributed by atoms with Gasteiger partial charge in [-0.1, -0.05) is 22.0 Å². The van der Waals surface area contributed by atoms with Crippen molar-refractivity contribution < 1.29 is 9.90 Å². The molecular formula is C13H18BrNO2. The van der Waals surface area contributed by atoms with Crippen LogP contribution in [0.4, 0.5) is 5.69 Å². The van der Waals surface area contributed by atoms with Crippen LogP contribution in [0.2, 0.25) is 0 Å². The molecule has 1 aromatic rings. The maximum atomic E-state index is 10.9. The molecule has 0 aliphatic carbocycles. The zero-order chi connectivity index (χ0) is 13.1. The van der Waals surface area contributed by atoms with Crippen LogP contribution in [-0.4, -0.2) is 17.6 Å². The first-order chi connectivity index (χ1) is 7.83. The van der Waals surface area contributed by atoms with Crippen LogP contribution in [0.25, 0.3) is 0 Å². The predicted molar refractivity (Wildman–Crippen MR) is 73.4 cm³/mol. The lowest BCUT2D eigenvalue weighted by Gasteiger charge is -2.20. The average molecular weight is 300 g/mol. The van der Waals surface area contributed by atoms with Gasteiger partial charge in [0.15, 0.2) is 0 Å². The number of anilines is 1. The molecule has 0 saturated carbocycles. The Labute approximate surface area is 110 Å². The van der Waals surface area contributed by atoms with E-state index in [1.807, 2.05) is 25.1 Å². The number of carbonyl (C=O) groups is 1. The topological polar surface area (TPSA) is 49.3 Å². The number of halogens is 1. The van der Waals surface area contributed by atoms with E-state index in [4.69, 9.17) is 5.11 Å². The third-order valence-corrected chi connectivity index (χ3v) is 3.34. The average Bonchev–Trinajstić information content (AvgIpc) is 2.22. The molecule has 1 aromatic carbocycles. The molecule has 0 atom stereocenters. The Bertz CT molecular complexity index is 416. The summed E-state index contributed by atoms with van der Waals surface area (Å²) in [6.45, 7) is 6.16. The minimum absolute atomic E-state index is 0.592. The standard InChI is InChI=1S/C13H18BrNO2/c1-9-4-5-10(14)8-11(9)15-7-6-13(2,3)12(16)17/h4-5,8,15H,6-7H2,1-3H3,(H,16,17). The molecule has 0 fully saturated rings. The van der Waals surface area contributed by atoms with Gasteiger partial charge in [-0.3, -0.25) is 4.79 Å². The van der Waals surface area contributed by atoms with E-state index in [0.29, 0.717) is 13.0 Å². The number of aliphatic carboxylic acids is 1. The molecule has 3 nitrogen and oxygen atoms in total. The molecule has 94 valence electrons. The predicted octanol–water partition coefficient (Wildman–Crippen LogP) is 3.67. The lowest BCUT2D eigenvalue weighted by atomic mass is 9.89. The zero-order valence-electron chi connectivity index (χ0n) is 10.4. The maximum absolute atomic E-state index is 10.9. The Balaban J connectivity index is 2.57. The van der Waals surface area contributed by atoms with Crippen LogP contribution in [0, 0.1) is 12.3 Å². The van der Waals surface area contributed by atoms with Gasteiger partial charge in [0.05, 0.1) is 5.41 Å². The molecule has 1 rings (SSSR count). The summed E-state index contributed by atoms with van der Waals surface area (Å²) in [5.41, 5.74) is 1.51. The third-order valence-electron chi connectivity index (χ3n) is 2.84. The molecule has 0 spiro atoms. The second kappa shape index (κ2) is 5.54. The number of hydrogen-bond acceptors (Lipinski definition) is 2. The summed E-state index contributed by atoms with van der Waals surface area (Å²) in [6, 6.07) is 6.01. The number of rotatable bonds is 5. The fourth-order valence-electron chi connectivity index (χ4n) is 1.40. The van der Waals surface area contributed by atoms with Gasteiger partial charge in [0.1, 0.15) is 0 Å². The Morgan fingerprint density at radius 3 is 2.71 bits per heavy atom. The van der Waals surface area contributed by atoms with Crippen molar-refractivity contribution in [2.45, 2.75) is 27.2 Å². The molecule has 0 aliphatic heterocycles. The molecule has 0 radical (unpaired) electrons. The highest BCUT2D eigenvalue weighted by molar-refractivity contribution is 9.10. The molecular weight excluding hydrogens is 282 g/mol. The van der Waals surface area contributed by atoms with Crippen LogP contribution in [0.1, 0.15) is 25.8 Å². The zero-order valence-corrected chi connectivity index (χ0v) is 12.0. The monoisotopic (exact) mass is 299 g/mol. The SMILES string of the molecule is Cc1ccc(Br)cc1NCCC(C)(C)C(=O)O. The van der Waals surface area contributed by atoms with Gasteiger partial charge in [-0.2, -0.15) is 0 Å². The van der Waals surface area contributed by atoms with Crippen LogP contribution >= 0.6 is 15.9 Å². The lowest BCUT2D eigenvalue weighted by molar-refractivity contribution is -0.147. The van der Waals surface area contributed by atoms with E-state index in [9.17, 15) is 4.79 Å². The summed E-state index contributed by atoms with van der Waals surface area (Å²) in [5, 5.41) is 12.3. The van der Waals surface area contributed by atoms with Gasteiger partial charge < -0.3 is 10.4 Å². The second-order valence-electron chi connectivity index (χ2n) is 4.83. The highest BCUT2D eigenvalue weighted by Crippen LogP contribution is 2.23. The normalized spacial score (nSPS) is 11.3. The first-order valence-electron chi connectivity index (χ1n) is 5.56. The molecule has 0 amide bonds. The first kappa shape index (κ1) is 14.0. The van der Waals surface area contributed by atoms with Crippen LogP contribution in [0.3, 0.4) is 0 Å². The molecule has 0 saturated heterocycles. The lowest BCUT2D eigenvalue weighted by Crippen LogP contribution is -2.26. The number of carboxylic acid groups (broad SMARTS) is 1. The minimum Gasteiger partial charge on any atom is -0.481 e. The summed E-state index contributed by atoms with van der Waals surface area (Å²) in [6.07, 6.45) is 0.592. The van der Waals surface area contributed by atoms with Gasteiger partial charge in [-0.25, -0.2) is 0 Å². The van der Waals surface area contributed by atoms with Gasteiger partial charge >= 0.3 is 5.97 Å². The van der Waals surface area contributed by atoms with E-state index >= 15 is 0 Å². The maximum Gasteiger partial charge on any atom is 0.309 e. The number of hydrogen-bond donors (Lipinski definition) is 2. The van der Waals surface area contributed by atoms with E-state index in [-0.39, 0.29) is 0 Å². The van der Waals surface area contributed by atoms with Gasteiger partial charge in [0.25, 0.3) is 0 Å². The van der Waals surface area contributed by atoms with Gasteiger partial charge in [-0.15, -0.1) is 0 Å². The van der Waals surface area contributed by atoms with Crippen LogP contribution in [-0.2, 0) is 4.79 Å². The largest absolute Gasteiger partial charge is 0.481 e. The minimum atomic E-state index is -0.759. The van der Waals surface area contributed by atoms with Crippen LogP contribution < -0.4 is 5.32 Å². The Morgan fingerprint density at radius 1 is 1.47 bits per heavy atom. The summed E-state index contributed by atoms with van der Waals surface area (Å²) in [7, 11) is 0. The van der Waals surface area contributed by atoms with E-state index in [0.717, 1.165) is 15.7 Å². The summed E-state index contributed by atoms with van der Waals surface area (Å²) < 4.78 is 1.02. The van der Waals surface area contributed by atoms with E-state index in [1.165, 1.54) is 0 Å². The van der Waals surface area contributed by atoms with E-state index < -0.39 is 11.4 Å². The van der Waals surface area contributed by atoms with Crippen LogP contribution in [0.15, 0.2) is 22.7 Å². The van der Waals surface area contributed by atoms with Crippen molar-refractivity contribution in [2.75, 3.05) is 11.9 Å². The van der Waals surface area contributed by atoms with Gasteiger partial charge in [0, 0.05) is 16.7 Å². The van der Waals surface area contributed by atoms with Crippen molar-refractivity contribution in [1.29, 1.82) is 0 Å². The summed E-state index contributed by atoms with van der Waals surface area (Å²) >= 11 is 3.42. The van der Waals surface area contributed by atoms with Crippen LogP contribution in [0.5, 0.6) is 0 Å². The van der Waals surface area contributed by atoms with Crippen molar-refractivity contribution in [3.63, 3.8) is 0 Å². The van der Waals surface area contributed by atoms with Crippen molar-refractivity contribution in [2.24, 2.45) is 5.41 Å². The smallest absolute Gasteiger partial charge is 0.309 e. The van der Waals surface area contributed by atoms with Gasteiger partial charge in [-0.05, 0) is 44.9 Å². The Hall–Kier alpha value is -1.03. The number of nitrogens with one attached hydrogen (secondary N) is 1. The van der Waals surface area contributed by atoms with E-state index in [2.05, 4.69) is 21.2 Å². The Morgan fingerprint density at radius 2 is 2.12 bits per heavy atom.